The minimum atomic E-state index is 0.388. The predicted molar refractivity (Wildman–Crippen MR) is 55.6 cm³/mol. The summed E-state index contributed by atoms with van der Waals surface area (Å²) in [5.41, 5.74) is 2.59. The summed E-state index contributed by atoms with van der Waals surface area (Å²) in [5, 5.41) is 8.85. The Hall–Kier alpha value is -1.88. The predicted octanol–water partition coefficient (Wildman–Crippen LogP) is 2.47. The number of hydrogen-bond acceptors (Lipinski definition) is 2. The average Bonchev–Trinajstić information content (AvgIpc) is 2.20. The van der Waals surface area contributed by atoms with Crippen molar-refractivity contribution < 1.29 is 4.79 Å². The van der Waals surface area contributed by atoms with Crippen LogP contribution in [0.15, 0.2) is 24.3 Å². The zero-order valence-corrected chi connectivity index (χ0v) is 8.03. The molecule has 1 aromatic carbocycles. The van der Waals surface area contributed by atoms with E-state index in [4.69, 9.17) is 5.26 Å². The van der Waals surface area contributed by atoms with Crippen LogP contribution in [0.3, 0.4) is 0 Å². The van der Waals surface area contributed by atoms with Crippen molar-refractivity contribution in [2.75, 3.05) is 0 Å². The van der Waals surface area contributed by atoms with Gasteiger partial charge >= 0.3 is 0 Å². The normalized spacial score (nSPS) is 10.0. The van der Waals surface area contributed by atoms with Crippen molar-refractivity contribution in [2.45, 2.75) is 13.3 Å². The third kappa shape index (κ3) is 2.30. The molecule has 2 nitrogen and oxygen atoms in total. The number of rotatable bonds is 3. The van der Waals surface area contributed by atoms with Crippen molar-refractivity contribution in [3.05, 3.63) is 41.0 Å². The number of nitrogens with zero attached hydrogens (tertiary/aromatic N) is 1. The van der Waals surface area contributed by atoms with Crippen molar-refractivity contribution >= 4 is 12.4 Å². The lowest BCUT2D eigenvalue weighted by molar-refractivity contribution is -0.107. The molecule has 14 heavy (non-hydrogen) atoms. The Morgan fingerprint density at radius 3 is 2.93 bits per heavy atom. The standard InChI is InChI=1S/C12H11NO/c1-10-5-4-6-11(9-13)12(10)7-2-3-8-14/h2,4-8H,3H2,1H3. The summed E-state index contributed by atoms with van der Waals surface area (Å²) < 4.78 is 0. The minimum absolute atomic E-state index is 0.388. The fraction of sp³-hybridized carbons (Fsp3) is 0.167. The van der Waals surface area contributed by atoms with Gasteiger partial charge in [-0.25, -0.2) is 0 Å². The van der Waals surface area contributed by atoms with Crippen molar-refractivity contribution in [1.82, 2.24) is 0 Å². The minimum Gasteiger partial charge on any atom is -0.303 e. The Labute approximate surface area is 83.5 Å². The van der Waals surface area contributed by atoms with E-state index in [2.05, 4.69) is 6.07 Å². The van der Waals surface area contributed by atoms with Gasteiger partial charge in [0.1, 0.15) is 6.29 Å². The molecule has 0 aromatic heterocycles. The van der Waals surface area contributed by atoms with Gasteiger partial charge in [-0.1, -0.05) is 24.3 Å². The van der Waals surface area contributed by atoms with Crippen LogP contribution < -0.4 is 0 Å². The highest BCUT2D eigenvalue weighted by Gasteiger charge is 1.99. The number of carbonyl (C=O) groups excluding carboxylic acids is 1. The van der Waals surface area contributed by atoms with Crippen molar-refractivity contribution in [3.8, 4) is 6.07 Å². The highest BCUT2D eigenvalue weighted by molar-refractivity contribution is 5.64. The van der Waals surface area contributed by atoms with E-state index in [1.54, 1.807) is 12.1 Å². The number of allylic oxidation sites excluding steroid dienone is 1. The van der Waals surface area contributed by atoms with Gasteiger partial charge in [-0.2, -0.15) is 5.26 Å². The summed E-state index contributed by atoms with van der Waals surface area (Å²) in [5.74, 6) is 0. The smallest absolute Gasteiger partial charge is 0.123 e. The number of benzene rings is 1. The van der Waals surface area contributed by atoms with Gasteiger partial charge in [-0.15, -0.1) is 0 Å². The van der Waals surface area contributed by atoms with Crippen molar-refractivity contribution in [2.24, 2.45) is 0 Å². The van der Waals surface area contributed by atoms with E-state index in [-0.39, 0.29) is 0 Å². The molecule has 0 fully saturated rings. The third-order valence-corrected chi connectivity index (χ3v) is 1.96. The van der Waals surface area contributed by atoms with Crippen LogP contribution in [0.25, 0.3) is 6.08 Å². The molecule has 0 unspecified atom stereocenters. The zero-order valence-electron chi connectivity index (χ0n) is 8.03. The van der Waals surface area contributed by atoms with Crippen molar-refractivity contribution in [1.29, 1.82) is 5.26 Å². The number of carbonyl (C=O) groups is 1. The Kier molecular flexibility index (Phi) is 3.63. The molecule has 0 heterocycles. The molecule has 0 saturated heterocycles. The van der Waals surface area contributed by atoms with Gasteiger partial charge in [0.15, 0.2) is 0 Å². The number of aldehydes is 1. The van der Waals surface area contributed by atoms with Gasteiger partial charge in [0, 0.05) is 6.42 Å². The van der Waals surface area contributed by atoms with E-state index >= 15 is 0 Å². The first-order chi connectivity index (χ1) is 6.79. The Balaban J connectivity index is 3.06. The van der Waals surface area contributed by atoms with Crippen LogP contribution in [0.2, 0.25) is 0 Å². The van der Waals surface area contributed by atoms with Crippen LogP contribution in [0, 0.1) is 18.3 Å². The van der Waals surface area contributed by atoms with E-state index in [1.807, 2.05) is 25.1 Å². The second-order valence-corrected chi connectivity index (χ2v) is 2.95. The molecule has 0 amide bonds. The fourth-order valence-electron chi connectivity index (χ4n) is 1.24. The van der Waals surface area contributed by atoms with Crippen LogP contribution in [0.4, 0.5) is 0 Å². The molecule has 0 bridgehead atoms. The summed E-state index contributed by atoms with van der Waals surface area (Å²) in [7, 11) is 0. The first kappa shape index (κ1) is 10.2. The second kappa shape index (κ2) is 4.98. The molecule has 0 N–H and O–H groups in total. The first-order valence-corrected chi connectivity index (χ1v) is 4.39. The van der Waals surface area contributed by atoms with Gasteiger partial charge in [-0.05, 0) is 24.1 Å². The Morgan fingerprint density at radius 1 is 1.50 bits per heavy atom. The molecule has 0 aliphatic rings. The highest BCUT2D eigenvalue weighted by Crippen LogP contribution is 2.15. The lowest BCUT2D eigenvalue weighted by Gasteiger charge is -2.01. The molecule has 2 heteroatoms. The van der Waals surface area contributed by atoms with E-state index < -0.39 is 0 Å². The summed E-state index contributed by atoms with van der Waals surface area (Å²) in [4.78, 5) is 10.1. The molecular weight excluding hydrogens is 174 g/mol. The number of hydrogen-bond donors (Lipinski definition) is 0. The molecule has 0 saturated carbocycles. The largest absolute Gasteiger partial charge is 0.303 e. The number of aryl methyl sites for hydroxylation is 1. The zero-order chi connectivity index (χ0) is 10.4. The van der Waals surface area contributed by atoms with Gasteiger partial charge in [-0.3, -0.25) is 0 Å². The van der Waals surface area contributed by atoms with Gasteiger partial charge < -0.3 is 4.79 Å². The van der Waals surface area contributed by atoms with E-state index in [1.165, 1.54) is 0 Å². The van der Waals surface area contributed by atoms with Crippen LogP contribution >= 0.6 is 0 Å². The molecule has 70 valence electrons. The summed E-state index contributed by atoms with van der Waals surface area (Å²) in [6.45, 7) is 1.95. The lowest BCUT2D eigenvalue weighted by atomic mass is 10.0. The first-order valence-electron chi connectivity index (χ1n) is 4.39. The van der Waals surface area contributed by atoms with Crippen LogP contribution in [-0.2, 0) is 4.79 Å². The molecule has 0 spiro atoms. The molecule has 1 rings (SSSR count). The molecule has 0 radical (unpaired) electrons. The van der Waals surface area contributed by atoms with Gasteiger partial charge in [0.25, 0.3) is 0 Å². The van der Waals surface area contributed by atoms with Crippen LogP contribution in [0.5, 0.6) is 0 Å². The van der Waals surface area contributed by atoms with E-state index in [9.17, 15) is 4.79 Å². The average molecular weight is 185 g/mol. The summed E-state index contributed by atoms with van der Waals surface area (Å²) in [6, 6.07) is 7.69. The molecule has 0 atom stereocenters. The molecule has 0 aliphatic carbocycles. The second-order valence-electron chi connectivity index (χ2n) is 2.95. The van der Waals surface area contributed by atoms with E-state index in [0.717, 1.165) is 17.4 Å². The maximum Gasteiger partial charge on any atom is 0.123 e. The summed E-state index contributed by atoms with van der Waals surface area (Å²) >= 11 is 0. The molecule has 0 aliphatic heterocycles. The summed E-state index contributed by atoms with van der Waals surface area (Å²) in [6.07, 6.45) is 4.80. The molecular formula is C12H11NO. The fourth-order valence-corrected chi connectivity index (χ4v) is 1.24. The SMILES string of the molecule is Cc1cccc(C#N)c1C=CCC=O. The lowest BCUT2D eigenvalue weighted by Crippen LogP contribution is -1.86. The topological polar surface area (TPSA) is 40.9 Å². The van der Waals surface area contributed by atoms with E-state index in [0.29, 0.717) is 12.0 Å². The van der Waals surface area contributed by atoms with Gasteiger partial charge in [0.2, 0.25) is 0 Å². The maximum absolute atomic E-state index is 10.1. The monoisotopic (exact) mass is 185 g/mol. The van der Waals surface area contributed by atoms with Crippen LogP contribution in [0.1, 0.15) is 23.1 Å². The Morgan fingerprint density at radius 2 is 2.29 bits per heavy atom. The molecule has 1 aromatic rings. The Bertz CT molecular complexity index is 399. The third-order valence-electron chi connectivity index (χ3n) is 1.96. The van der Waals surface area contributed by atoms with Crippen LogP contribution in [-0.4, -0.2) is 6.29 Å². The number of nitriles is 1. The quantitative estimate of drug-likeness (QED) is 0.679. The van der Waals surface area contributed by atoms with Gasteiger partial charge in [0.05, 0.1) is 11.6 Å². The van der Waals surface area contributed by atoms with Crippen molar-refractivity contribution in [3.63, 3.8) is 0 Å². The highest BCUT2D eigenvalue weighted by atomic mass is 16.1. The maximum atomic E-state index is 10.1.